The predicted molar refractivity (Wildman–Crippen MR) is 71.9 cm³/mol. The Hall–Kier alpha value is -2.81. The van der Waals surface area contributed by atoms with Crippen LogP contribution in [0.4, 0.5) is 4.39 Å². The summed E-state index contributed by atoms with van der Waals surface area (Å²) in [7, 11) is 0. The number of nitrogens with one attached hydrogen (secondary N) is 1. The van der Waals surface area contributed by atoms with Crippen LogP contribution >= 0.6 is 0 Å². The third-order valence-electron chi connectivity index (χ3n) is 2.89. The Morgan fingerprint density at radius 1 is 1.40 bits per heavy atom. The van der Waals surface area contributed by atoms with Crippen LogP contribution in [0.15, 0.2) is 33.9 Å². The molecule has 0 aliphatic heterocycles. The molecule has 0 aliphatic carbocycles. The summed E-state index contributed by atoms with van der Waals surface area (Å²) in [6, 6.07) is 4.65. The summed E-state index contributed by atoms with van der Waals surface area (Å²) in [4.78, 5) is 25.5. The zero-order valence-electron chi connectivity index (χ0n) is 10.6. The number of hydrogen-bond acceptors (Lipinski definition) is 3. The van der Waals surface area contributed by atoms with E-state index in [2.05, 4.69) is 5.92 Å². The van der Waals surface area contributed by atoms with Crippen molar-refractivity contribution in [3.8, 4) is 29.4 Å². The first-order chi connectivity index (χ1) is 9.47. The van der Waals surface area contributed by atoms with Crippen molar-refractivity contribution >= 4 is 0 Å². The summed E-state index contributed by atoms with van der Waals surface area (Å²) >= 11 is 0. The van der Waals surface area contributed by atoms with Crippen LogP contribution in [0.1, 0.15) is 13.0 Å². The lowest BCUT2D eigenvalue weighted by Gasteiger charge is -2.14. The number of aromatic amines is 1. The Kier molecular flexibility index (Phi) is 3.44. The first kappa shape index (κ1) is 13.6. The van der Waals surface area contributed by atoms with Gasteiger partial charge in [-0.25, -0.2) is 13.8 Å². The Bertz CT molecular complexity index is 814. The number of rotatable bonds is 2. The lowest BCUT2D eigenvalue weighted by atomic mass is 10.1. The van der Waals surface area contributed by atoms with Crippen molar-refractivity contribution in [2.24, 2.45) is 0 Å². The van der Waals surface area contributed by atoms with Gasteiger partial charge in [-0.3, -0.25) is 9.78 Å². The van der Waals surface area contributed by atoms with Gasteiger partial charge in [0.05, 0.1) is 6.04 Å². The summed E-state index contributed by atoms with van der Waals surface area (Å²) in [6.07, 6.45) is 5.21. The molecule has 1 atom stereocenters. The smallest absolute Gasteiger partial charge is 0.332 e. The van der Waals surface area contributed by atoms with Gasteiger partial charge in [-0.1, -0.05) is 24.1 Å². The van der Waals surface area contributed by atoms with Gasteiger partial charge in [0, 0.05) is 5.56 Å². The fraction of sp³-hybridized carbons (Fsp3) is 0.143. The van der Waals surface area contributed by atoms with Gasteiger partial charge in [-0.2, -0.15) is 0 Å². The van der Waals surface area contributed by atoms with E-state index in [4.69, 9.17) is 6.42 Å². The van der Waals surface area contributed by atoms with E-state index in [9.17, 15) is 19.1 Å². The Morgan fingerprint density at radius 2 is 2.05 bits per heavy atom. The number of aromatic nitrogens is 2. The fourth-order valence-electron chi connectivity index (χ4n) is 1.88. The van der Waals surface area contributed by atoms with Gasteiger partial charge >= 0.3 is 5.69 Å². The third kappa shape index (κ3) is 2.10. The van der Waals surface area contributed by atoms with Gasteiger partial charge in [0.2, 0.25) is 5.88 Å². The highest BCUT2D eigenvalue weighted by molar-refractivity contribution is 5.67. The SMILES string of the molecule is C#CC(C)n1c(O)c(-c2ccccc2F)c(=O)[nH]c1=O. The quantitative estimate of drug-likeness (QED) is 0.809. The molecule has 0 saturated heterocycles. The molecule has 0 saturated carbocycles. The number of aromatic hydroxyl groups is 1. The van der Waals surface area contributed by atoms with Gasteiger partial charge in [0.1, 0.15) is 11.4 Å². The first-order valence-corrected chi connectivity index (χ1v) is 5.76. The second-order valence-electron chi connectivity index (χ2n) is 4.15. The maximum absolute atomic E-state index is 13.8. The number of H-pyrrole nitrogens is 1. The summed E-state index contributed by atoms with van der Waals surface area (Å²) in [5, 5.41) is 10.1. The summed E-state index contributed by atoms with van der Waals surface area (Å²) < 4.78 is 14.6. The number of nitrogens with zero attached hydrogens (tertiary/aromatic N) is 1. The molecule has 1 unspecified atom stereocenters. The van der Waals surface area contributed by atoms with Gasteiger partial charge in [0.15, 0.2) is 0 Å². The zero-order valence-corrected chi connectivity index (χ0v) is 10.6. The fourth-order valence-corrected chi connectivity index (χ4v) is 1.88. The normalized spacial score (nSPS) is 11.8. The molecule has 2 rings (SSSR count). The van der Waals surface area contributed by atoms with Crippen molar-refractivity contribution in [1.82, 2.24) is 9.55 Å². The van der Waals surface area contributed by atoms with E-state index in [-0.39, 0.29) is 11.1 Å². The standard InChI is InChI=1S/C14H11FN2O3/c1-3-8(2)17-13(19)11(12(18)16-14(17)20)9-6-4-5-7-10(9)15/h1,4-8,19H,2H3,(H,16,18,20). The van der Waals surface area contributed by atoms with Crippen molar-refractivity contribution in [2.75, 3.05) is 0 Å². The van der Waals surface area contributed by atoms with E-state index < -0.39 is 29.0 Å². The van der Waals surface area contributed by atoms with Crippen molar-refractivity contribution < 1.29 is 9.50 Å². The molecule has 0 aliphatic rings. The zero-order chi connectivity index (χ0) is 14.9. The van der Waals surface area contributed by atoms with Crippen molar-refractivity contribution in [3.63, 3.8) is 0 Å². The van der Waals surface area contributed by atoms with Crippen molar-refractivity contribution in [1.29, 1.82) is 0 Å². The van der Waals surface area contributed by atoms with Crippen LogP contribution in [0.2, 0.25) is 0 Å². The highest BCUT2D eigenvalue weighted by Crippen LogP contribution is 2.27. The lowest BCUT2D eigenvalue weighted by molar-refractivity contribution is 0.397. The van der Waals surface area contributed by atoms with Crippen LogP contribution in [0, 0.1) is 18.2 Å². The molecule has 1 heterocycles. The maximum atomic E-state index is 13.8. The second-order valence-corrected chi connectivity index (χ2v) is 4.15. The van der Waals surface area contributed by atoms with Crippen LogP contribution in [0.5, 0.6) is 5.88 Å². The Morgan fingerprint density at radius 3 is 2.65 bits per heavy atom. The number of terminal acetylenes is 1. The van der Waals surface area contributed by atoms with Gasteiger partial charge in [0.25, 0.3) is 5.56 Å². The molecule has 2 aromatic rings. The van der Waals surface area contributed by atoms with E-state index in [0.29, 0.717) is 0 Å². The minimum absolute atomic E-state index is 0.107. The van der Waals surface area contributed by atoms with E-state index in [0.717, 1.165) is 10.6 Å². The Labute approximate surface area is 113 Å². The molecule has 6 heteroatoms. The Balaban J connectivity index is 2.86. The largest absolute Gasteiger partial charge is 0.494 e. The van der Waals surface area contributed by atoms with Gasteiger partial charge in [-0.15, -0.1) is 6.42 Å². The molecule has 102 valence electrons. The van der Waals surface area contributed by atoms with E-state index in [1.807, 2.05) is 4.98 Å². The number of benzene rings is 1. The minimum Gasteiger partial charge on any atom is -0.494 e. The average Bonchev–Trinajstić information content (AvgIpc) is 2.40. The summed E-state index contributed by atoms with van der Waals surface area (Å²) in [6.45, 7) is 1.49. The average molecular weight is 274 g/mol. The molecule has 20 heavy (non-hydrogen) atoms. The van der Waals surface area contributed by atoms with Crippen LogP contribution in [-0.2, 0) is 0 Å². The van der Waals surface area contributed by atoms with Crippen LogP contribution in [0.3, 0.4) is 0 Å². The van der Waals surface area contributed by atoms with Crippen LogP contribution in [-0.4, -0.2) is 14.7 Å². The molecule has 0 fully saturated rings. The first-order valence-electron chi connectivity index (χ1n) is 5.76. The van der Waals surface area contributed by atoms with Crippen molar-refractivity contribution in [2.45, 2.75) is 13.0 Å². The molecule has 2 N–H and O–H groups in total. The monoisotopic (exact) mass is 274 g/mol. The van der Waals surface area contributed by atoms with E-state index in [1.54, 1.807) is 0 Å². The lowest BCUT2D eigenvalue weighted by Crippen LogP contribution is -2.32. The molecule has 0 radical (unpaired) electrons. The highest BCUT2D eigenvalue weighted by atomic mass is 19.1. The van der Waals surface area contributed by atoms with Crippen LogP contribution < -0.4 is 11.2 Å². The minimum atomic E-state index is -0.877. The molecular weight excluding hydrogens is 263 g/mol. The number of hydrogen-bond donors (Lipinski definition) is 2. The van der Waals surface area contributed by atoms with Gasteiger partial charge < -0.3 is 5.11 Å². The molecule has 0 amide bonds. The topological polar surface area (TPSA) is 75.1 Å². The predicted octanol–water partition coefficient (Wildman–Crippen LogP) is 1.24. The third-order valence-corrected chi connectivity index (χ3v) is 2.89. The molecule has 5 nitrogen and oxygen atoms in total. The number of halogens is 1. The highest BCUT2D eigenvalue weighted by Gasteiger charge is 2.20. The molecule has 1 aromatic carbocycles. The molecule has 1 aromatic heterocycles. The maximum Gasteiger partial charge on any atom is 0.332 e. The second kappa shape index (κ2) is 5.05. The summed E-state index contributed by atoms with van der Waals surface area (Å²) in [5.74, 6) is 0.917. The van der Waals surface area contributed by atoms with Gasteiger partial charge in [-0.05, 0) is 13.0 Å². The molecule has 0 bridgehead atoms. The summed E-state index contributed by atoms with van der Waals surface area (Å²) in [5.41, 5.74) is -2.16. The molecular formula is C14H11FN2O3. The van der Waals surface area contributed by atoms with E-state index >= 15 is 0 Å². The van der Waals surface area contributed by atoms with Crippen molar-refractivity contribution in [3.05, 3.63) is 50.9 Å². The molecule has 0 spiro atoms. The van der Waals surface area contributed by atoms with Crippen LogP contribution in [0.25, 0.3) is 11.1 Å². The van der Waals surface area contributed by atoms with E-state index in [1.165, 1.54) is 25.1 Å².